The molecule has 5 nitrogen and oxygen atoms in total. The van der Waals surface area contributed by atoms with E-state index in [1.165, 1.54) is 23.5 Å². The van der Waals surface area contributed by atoms with Gasteiger partial charge in [-0.1, -0.05) is 11.3 Å². The van der Waals surface area contributed by atoms with Gasteiger partial charge in [0.2, 0.25) is 4.96 Å². The second kappa shape index (κ2) is 4.02. The number of aliphatic carboxylic acids is 1. The van der Waals surface area contributed by atoms with E-state index in [9.17, 15) is 9.18 Å². The molecule has 92 valence electrons. The molecule has 0 aliphatic carbocycles. The van der Waals surface area contributed by atoms with Crippen molar-refractivity contribution in [1.29, 1.82) is 0 Å². The molecule has 0 aliphatic rings. The molecule has 0 radical (unpaired) electrons. The number of aromatic nitrogens is 3. The van der Waals surface area contributed by atoms with E-state index in [0.29, 0.717) is 17.2 Å². The Kier molecular flexibility index (Phi) is 2.48. The third-order valence-corrected chi connectivity index (χ3v) is 3.62. The summed E-state index contributed by atoms with van der Waals surface area (Å²) in [6, 6.07) is 4.47. The quantitative estimate of drug-likeness (QED) is 0.787. The Morgan fingerprint density at radius 1 is 1.44 bits per heavy atom. The van der Waals surface area contributed by atoms with Crippen LogP contribution in [0, 0.1) is 5.82 Å². The molecule has 0 bridgehead atoms. The minimum Gasteiger partial charge on any atom is -0.481 e. The number of hydrogen-bond donors (Lipinski definition) is 1. The van der Waals surface area contributed by atoms with E-state index in [-0.39, 0.29) is 12.2 Å². The molecule has 3 aromatic rings. The van der Waals surface area contributed by atoms with Gasteiger partial charge in [0.1, 0.15) is 11.6 Å². The van der Waals surface area contributed by atoms with Gasteiger partial charge in [0.25, 0.3) is 0 Å². The molecule has 0 spiro atoms. The Morgan fingerprint density at radius 2 is 2.28 bits per heavy atom. The molecule has 0 atom stereocenters. The lowest BCUT2D eigenvalue weighted by Gasteiger charge is -1.96. The van der Waals surface area contributed by atoms with Crippen LogP contribution in [0.25, 0.3) is 15.2 Å². The van der Waals surface area contributed by atoms with E-state index in [1.807, 2.05) is 0 Å². The first kappa shape index (κ1) is 11.1. The van der Waals surface area contributed by atoms with Gasteiger partial charge in [0, 0.05) is 6.42 Å². The summed E-state index contributed by atoms with van der Waals surface area (Å²) < 4.78 is 15.7. The molecule has 18 heavy (non-hydrogen) atoms. The van der Waals surface area contributed by atoms with E-state index in [4.69, 9.17) is 5.11 Å². The predicted octanol–water partition coefficient (Wildman–Crippen LogP) is 2.10. The van der Waals surface area contributed by atoms with Crippen LogP contribution < -0.4 is 0 Å². The van der Waals surface area contributed by atoms with E-state index < -0.39 is 5.97 Å². The number of carboxylic acids is 1. The number of hydrogen-bond acceptors (Lipinski definition) is 4. The first-order chi connectivity index (χ1) is 8.65. The van der Waals surface area contributed by atoms with Gasteiger partial charge in [0.05, 0.1) is 16.6 Å². The van der Waals surface area contributed by atoms with Crippen LogP contribution in [-0.4, -0.2) is 25.7 Å². The Hall–Kier alpha value is -2.02. The van der Waals surface area contributed by atoms with Gasteiger partial charge in [-0.2, -0.15) is 0 Å². The molecule has 0 saturated heterocycles. The van der Waals surface area contributed by atoms with Gasteiger partial charge in [-0.15, -0.1) is 10.2 Å². The van der Waals surface area contributed by atoms with E-state index in [1.54, 1.807) is 10.5 Å². The van der Waals surface area contributed by atoms with Crippen LogP contribution in [0.4, 0.5) is 4.39 Å². The number of halogens is 1. The fourth-order valence-electron chi connectivity index (χ4n) is 1.84. The van der Waals surface area contributed by atoms with Crippen molar-refractivity contribution >= 4 is 32.5 Å². The highest BCUT2D eigenvalue weighted by Crippen LogP contribution is 2.27. The molecule has 0 saturated carbocycles. The summed E-state index contributed by atoms with van der Waals surface area (Å²) in [6.07, 6.45) is 0.305. The highest BCUT2D eigenvalue weighted by atomic mass is 32.1. The number of aryl methyl sites for hydroxylation is 1. The van der Waals surface area contributed by atoms with E-state index >= 15 is 0 Å². The average molecular weight is 265 g/mol. The van der Waals surface area contributed by atoms with E-state index in [0.717, 1.165) is 10.2 Å². The van der Waals surface area contributed by atoms with Crippen LogP contribution in [0.5, 0.6) is 0 Å². The van der Waals surface area contributed by atoms with Crippen molar-refractivity contribution in [3.63, 3.8) is 0 Å². The Labute approximate surface area is 104 Å². The second-order valence-electron chi connectivity index (χ2n) is 3.84. The van der Waals surface area contributed by atoms with Crippen molar-refractivity contribution in [2.75, 3.05) is 0 Å². The number of rotatable bonds is 3. The molecule has 2 heterocycles. The molecule has 2 aromatic heterocycles. The largest absolute Gasteiger partial charge is 0.481 e. The summed E-state index contributed by atoms with van der Waals surface area (Å²) in [5.41, 5.74) is 0.807. The van der Waals surface area contributed by atoms with Crippen molar-refractivity contribution in [1.82, 2.24) is 14.6 Å². The third-order valence-electron chi connectivity index (χ3n) is 2.63. The van der Waals surface area contributed by atoms with Crippen molar-refractivity contribution in [3.8, 4) is 0 Å². The minimum absolute atomic E-state index is 0.000667. The zero-order valence-corrected chi connectivity index (χ0v) is 9.95. The van der Waals surface area contributed by atoms with Crippen LogP contribution in [-0.2, 0) is 11.2 Å². The smallest absolute Gasteiger partial charge is 0.303 e. The molecule has 0 amide bonds. The Morgan fingerprint density at radius 3 is 3.06 bits per heavy atom. The number of nitrogens with zero attached hydrogens (tertiary/aromatic N) is 3. The fraction of sp³-hybridized carbons (Fsp3) is 0.182. The average Bonchev–Trinajstić information content (AvgIpc) is 2.84. The monoisotopic (exact) mass is 265 g/mol. The summed E-state index contributed by atoms with van der Waals surface area (Å²) in [7, 11) is 0. The van der Waals surface area contributed by atoms with Crippen LogP contribution in [0.3, 0.4) is 0 Å². The van der Waals surface area contributed by atoms with Gasteiger partial charge in [0.15, 0.2) is 0 Å². The first-order valence-electron chi connectivity index (χ1n) is 5.29. The molecule has 7 heteroatoms. The zero-order chi connectivity index (χ0) is 12.7. The summed E-state index contributed by atoms with van der Waals surface area (Å²) in [5, 5.41) is 16.6. The molecular weight excluding hydrogens is 257 g/mol. The molecule has 0 aliphatic heterocycles. The van der Waals surface area contributed by atoms with Gasteiger partial charge in [-0.05, 0) is 18.2 Å². The van der Waals surface area contributed by atoms with Gasteiger partial charge in [-0.3, -0.25) is 9.20 Å². The van der Waals surface area contributed by atoms with Gasteiger partial charge >= 0.3 is 5.97 Å². The van der Waals surface area contributed by atoms with Crippen molar-refractivity contribution < 1.29 is 14.3 Å². The number of benzene rings is 1. The minimum atomic E-state index is -0.877. The summed E-state index contributed by atoms with van der Waals surface area (Å²) in [5.74, 6) is -0.588. The van der Waals surface area contributed by atoms with Gasteiger partial charge < -0.3 is 5.11 Å². The maximum atomic E-state index is 13.1. The lowest BCUT2D eigenvalue weighted by Crippen LogP contribution is -2.01. The van der Waals surface area contributed by atoms with Crippen LogP contribution in [0.1, 0.15) is 12.2 Å². The third kappa shape index (κ3) is 1.72. The van der Waals surface area contributed by atoms with Crippen molar-refractivity contribution in [2.24, 2.45) is 0 Å². The first-order valence-corrected chi connectivity index (χ1v) is 6.10. The summed E-state index contributed by atoms with van der Waals surface area (Å²) >= 11 is 1.33. The SMILES string of the molecule is O=C(O)CCc1nnc2sc3cc(F)ccc3n12. The lowest BCUT2D eigenvalue weighted by atomic mass is 10.3. The van der Waals surface area contributed by atoms with Crippen LogP contribution in [0.15, 0.2) is 18.2 Å². The Bertz CT molecular complexity index is 749. The lowest BCUT2D eigenvalue weighted by molar-refractivity contribution is -0.137. The maximum Gasteiger partial charge on any atom is 0.303 e. The Balaban J connectivity index is 2.15. The van der Waals surface area contributed by atoms with Gasteiger partial charge in [-0.25, -0.2) is 4.39 Å². The highest BCUT2D eigenvalue weighted by molar-refractivity contribution is 7.23. The topological polar surface area (TPSA) is 67.5 Å². The number of fused-ring (bicyclic) bond motifs is 3. The molecular formula is C11H8FN3O2S. The summed E-state index contributed by atoms with van der Waals surface area (Å²) in [4.78, 5) is 11.2. The zero-order valence-electron chi connectivity index (χ0n) is 9.13. The van der Waals surface area contributed by atoms with Crippen molar-refractivity contribution in [2.45, 2.75) is 12.8 Å². The molecule has 3 rings (SSSR count). The fourth-order valence-corrected chi connectivity index (χ4v) is 2.85. The molecule has 0 fully saturated rings. The number of thiazole rings is 1. The van der Waals surface area contributed by atoms with Crippen LogP contribution >= 0.6 is 11.3 Å². The van der Waals surface area contributed by atoms with Crippen molar-refractivity contribution in [3.05, 3.63) is 29.8 Å². The molecule has 0 unspecified atom stereocenters. The predicted molar refractivity (Wildman–Crippen MR) is 64.3 cm³/mol. The highest BCUT2D eigenvalue weighted by Gasteiger charge is 2.13. The number of carboxylic acid groups (broad SMARTS) is 1. The second-order valence-corrected chi connectivity index (χ2v) is 4.85. The number of carbonyl (C=O) groups is 1. The molecule has 1 N–H and O–H groups in total. The van der Waals surface area contributed by atoms with Crippen LogP contribution in [0.2, 0.25) is 0 Å². The summed E-state index contributed by atoms with van der Waals surface area (Å²) in [6.45, 7) is 0. The molecule has 1 aromatic carbocycles. The normalized spacial score (nSPS) is 11.4. The van der Waals surface area contributed by atoms with E-state index in [2.05, 4.69) is 10.2 Å². The standard InChI is InChI=1S/C11H8FN3O2S/c12-6-1-2-7-8(5-6)18-11-14-13-9(15(7)11)3-4-10(16)17/h1-2,5H,3-4H2,(H,16,17). The maximum absolute atomic E-state index is 13.1.